The molecule has 0 fully saturated rings. The molecule has 0 saturated heterocycles. The zero-order valence-electron chi connectivity index (χ0n) is 11.5. The van der Waals surface area contributed by atoms with Gasteiger partial charge in [-0.25, -0.2) is 0 Å². The Morgan fingerprint density at radius 3 is 2.17 bits per heavy atom. The first-order chi connectivity index (χ1) is 8.00. The van der Waals surface area contributed by atoms with Crippen molar-refractivity contribution in [3.8, 4) is 0 Å². The normalized spacial score (nSPS) is 13.6. The smallest absolute Gasteiger partial charge is 0.263 e. The summed E-state index contributed by atoms with van der Waals surface area (Å²) in [6.45, 7) is 7.17. The van der Waals surface area contributed by atoms with Crippen LogP contribution in [0.1, 0.15) is 34.1 Å². The van der Waals surface area contributed by atoms with Crippen molar-refractivity contribution in [2.24, 2.45) is 16.1 Å². The molecule has 0 atom stereocenters. The molecule has 1 amide bonds. The molecule has 2 N–H and O–H groups in total. The second-order valence-electron chi connectivity index (χ2n) is 5.30. The van der Waals surface area contributed by atoms with Crippen molar-refractivity contribution in [1.29, 1.82) is 0 Å². The molecule has 0 aliphatic heterocycles. The Balaban J connectivity index is 4.68. The van der Waals surface area contributed by atoms with Crippen LogP contribution in [-0.2, 0) is 14.3 Å². The lowest BCUT2D eigenvalue weighted by molar-refractivity contribution is -0.128. The Bertz CT molecular complexity index is 357. The molecule has 6 heteroatoms. The highest BCUT2D eigenvalue weighted by molar-refractivity contribution is 9.10. The summed E-state index contributed by atoms with van der Waals surface area (Å²) in [5, 5.41) is 0. The molecule has 0 aliphatic rings. The Kier molecular flexibility index (Phi) is 6.16. The fourth-order valence-electron chi connectivity index (χ4n) is 1.15. The number of amidine groups is 1. The number of amides is 1. The van der Waals surface area contributed by atoms with Crippen LogP contribution in [0, 0.1) is 5.41 Å². The quantitative estimate of drug-likeness (QED) is 0.458. The van der Waals surface area contributed by atoms with Gasteiger partial charge in [0.25, 0.3) is 5.91 Å². The summed E-state index contributed by atoms with van der Waals surface area (Å²) >= 11 is 3.19. The number of carbonyl (C=O) groups is 2. The number of ether oxygens (including phenoxy) is 1. The molecule has 0 radical (unpaired) electrons. The predicted molar refractivity (Wildman–Crippen MR) is 74.9 cm³/mol. The van der Waals surface area contributed by atoms with Gasteiger partial charge in [-0.3, -0.25) is 9.59 Å². The number of carbonyl (C=O) groups excluding carboxylic acids is 2. The maximum absolute atomic E-state index is 11.9. The van der Waals surface area contributed by atoms with Gasteiger partial charge in [0, 0.05) is 12.5 Å². The lowest BCUT2D eigenvalue weighted by atomic mass is 9.87. The van der Waals surface area contributed by atoms with Crippen LogP contribution >= 0.6 is 15.9 Å². The fourth-order valence-corrected chi connectivity index (χ4v) is 1.24. The van der Waals surface area contributed by atoms with E-state index in [1.54, 1.807) is 27.7 Å². The first-order valence-electron chi connectivity index (χ1n) is 5.59. The van der Waals surface area contributed by atoms with Crippen LogP contribution in [0.3, 0.4) is 0 Å². The van der Waals surface area contributed by atoms with Crippen LogP contribution in [0.15, 0.2) is 4.99 Å². The van der Waals surface area contributed by atoms with E-state index in [4.69, 9.17) is 10.5 Å². The zero-order chi connectivity index (χ0) is 14.6. The van der Waals surface area contributed by atoms with E-state index in [1.807, 2.05) is 0 Å². The minimum atomic E-state index is -0.775. The number of alkyl halides is 1. The number of hydrogen-bond acceptors (Lipinski definition) is 3. The third kappa shape index (κ3) is 5.73. The second-order valence-corrected chi connectivity index (χ2v) is 7.28. The summed E-state index contributed by atoms with van der Waals surface area (Å²) < 4.78 is 4.19. The average Bonchev–Trinajstić information content (AvgIpc) is 2.15. The van der Waals surface area contributed by atoms with Crippen LogP contribution in [0.5, 0.6) is 0 Å². The van der Waals surface area contributed by atoms with E-state index in [-0.39, 0.29) is 18.0 Å². The van der Waals surface area contributed by atoms with E-state index in [1.165, 1.54) is 7.11 Å². The Labute approximate surface area is 116 Å². The predicted octanol–water partition coefficient (Wildman–Crippen LogP) is 1.68. The molecule has 0 heterocycles. The summed E-state index contributed by atoms with van der Waals surface area (Å²) in [5.74, 6) is -0.482. The molecule has 0 spiro atoms. The minimum absolute atomic E-state index is 0.0294. The van der Waals surface area contributed by atoms with Crippen molar-refractivity contribution in [1.82, 2.24) is 0 Å². The van der Waals surface area contributed by atoms with Gasteiger partial charge in [0.2, 0.25) is 0 Å². The molecule has 18 heavy (non-hydrogen) atoms. The highest BCUT2D eigenvalue weighted by Crippen LogP contribution is 2.20. The highest BCUT2D eigenvalue weighted by atomic mass is 79.9. The van der Waals surface area contributed by atoms with Crippen LogP contribution in [0.25, 0.3) is 0 Å². The number of methoxy groups -OCH3 is 1. The first kappa shape index (κ1) is 17.2. The molecule has 0 bridgehead atoms. The lowest BCUT2D eigenvalue weighted by Crippen LogP contribution is -2.34. The van der Waals surface area contributed by atoms with E-state index in [9.17, 15) is 9.59 Å². The number of hydrogen-bond donors (Lipinski definition) is 1. The van der Waals surface area contributed by atoms with E-state index < -0.39 is 15.6 Å². The maximum atomic E-state index is 11.9. The highest BCUT2D eigenvalue weighted by Gasteiger charge is 2.29. The number of Topliss-reactive ketones (excluding diaryl/α,β-unsaturated/α-hetero) is 1. The number of halogens is 1. The molecule has 0 aromatic carbocycles. The van der Waals surface area contributed by atoms with Crippen molar-refractivity contribution in [2.75, 3.05) is 13.7 Å². The van der Waals surface area contributed by atoms with Gasteiger partial charge < -0.3 is 10.5 Å². The van der Waals surface area contributed by atoms with Crippen molar-refractivity contribution >= 4 is 33.5 Å². The number of rotatable bonds is 6. The number of nitrogens with two attached hydrogens (primary N) is 1. The average molecular weight is 321 g/mol. The summed E-state index contributed by atoms with van der Waals surface area (Å²) in [4.78, 5) is 27.2. The minimum Gasteiger partial charge on any atom is -0.387 e. The molecule has 0 aromatic heterocycles. The van der Waals surface area contributed by atoms with Crippen molar-refractivity contribution in [2.45, 2.75) is 38.4 Å². The van der Waals surface area contributed by atoms with Crippen molar-refractivity contribution < 1.29 is 14.3 Å². The van der Waals surface area contributed by atoms with Gasteiger partial charge in [0.1, 0.15) is 15.9 Å². The monoisotopic (exact) mass is 320 g/mol. The molecule has 104 valence electrons. The topological polar surface area (TPSA) is 81.8 Å². The van der Waals surface area contributed by atoms with E-state index in [0.29, 0.717) is 6.61 Å². The molecule has 5 nitrogen and oxygen atoms in total. The largest absolute Gasteiger partial charge is 0.387 e. The van der Waals surface area contributed by atoms with Crippen LogP contribution in [0.4, 0.5) is 0 Å². The lowest BCUT2D eigenvalue weighted by Gasteiger charge is -2.21. The van der Waals surface area contributed by atoms with E-state index in [0.717, 1.165) is 0 Å². The second kappa shape index (κ2) is 6.43. The SMILES string of the molecule is COCC(C)(C)C(=O)CC(N)=NC(=O)C(C)(C)Br. The number of ketones is 1. The summed E-state index contributed by atoms with van der Waals surface area (Å²) in [6, 6.07) is 0. The third-order valence-corrected chi connectivity index (χ3v) is 2.69. The van der Waals surface area contributed by atoms with Gasteiger partial charge in [-0.15, -0.1) is 0 Å². The van der Waals surface area contributed by atoms with Crippen molar-refractivity contribution in [3.63, 3.8) is 0 Å². The Morgan fingerprint density at radius 1 is 1.28 bits per heavy atom. The van der Waals surface area contributed by atoms with E-state index in [2.05, 4.69) is 20.9 Å². The molecule has 0 saturated carbocycles. The van der Waals surface area contributed by atoms with Gasteiger partial charge in [0.15, 0.2) is 0 Å². The molecule has 0 unspecified atom stereocenters. The van der Waals surface area contributed by atoms with E-state index >= 15 is 0 Å². The molecule has 0 rings (SSSR count). The summed E-state index contributed by atoms with van der Waals surface area (Å²) in [5.41, 5.74) is 4.97. The zero-order valence-corrected chi connectivity index (χ0v) is 13.1. The van der Waals surface area contributed by atoms with Gasteiger partial charge in [0.05, 0.1) is 13.0 Å². The van der Waals surface area contributed by atoms with Crippen LogP contribution in [-0.4, -0.2) is 35.6 Å². The third-order valence-electron chi connectivity index (χ3n) is 2.36. The standard InChI is InChI=1S/C12H21BrN2O3/c1-11(2,7-18-5)8(16)6-9(14)15-10(17)12(3,4)13/h6-7H2,1-5H3,(H2,14,15,17). The molecular weight excluding hydrogens is 300 g/mol. The Morgan fingerprint density at radius 2 is 1.78 bits per heavy atom. The van der Waals surface area contributed by atoms with Crippen LogP contribution < -0.4 is 5.73 Å². The Hall–Kier alpha value is -0.750. The van der Waals surface area contributed by atoms with Gasteiger partial charge >= 0.3 is 0 Å². The fraction of sp³-hybridized carbons (Fsp3) is 0.750. The molecular formula is C12H21BrN2O3. The van der Waals surface area contributed by atoms with Gasteiger partial charge in [-0.1, -0.05) is 29.8 Å². The summed E-state index contributed by atoms with van der Waals surface area (Å²) in [6.07, 6.45) is -0.0504. The van der Waals surface area contributed by atoms with Crippen molar-refractivity contribution in [3.05, 3.63) is 0 Å². The molecule has 0 aliphatic carbocycles. The van der Waals surface area contributed by atoms with Gasteiger partial charge in [-0.05, 0) is 13.8 Å². The first-order valence-corrected chi connectivity index (χ1v) is 6.38. The van der Waals surface area contributed by atoms with Crippen LogP contribution in [0.2, 0.25) is 0 Å². The molecule has 0 aromatic rings. The summed E-state index contributed by atoms with van der Waals surface area (Å²) in [7, 11) is 1.53. The maximum Gasteiger partial charge on any atom is 0.263 e. The van der Waals surface area contributed by atoms with Gasteiger partial charge in [-0.2, -0.15) is 4.99 Å². The number of aliphatic imine (C=N–C) groups is 1. The number of nitrogens with zero attached hydrogens (tertiary/aromatic N) is 1.